The summed E-state index contributed by atoms with van der Waals surface area (Å²) in [6.45, 7) is 5.42. The molecule has 1 fully saturated rings. The number of amides is 1. The van der Waals surface area contributed by atoms with Crippen LogP contribution in [-0.2, 0) is 20.8 Å². The maximum atomic E-state index is 12.3. The molecule has 5 nitrogen and oxygen atoms in total. The van der Waals surface area contributed by atoms with Gasteiger partial charge < -0.3 is 19.5 Å². The molecular formula is C32H55NO4. The second-order valence-electron chi connectivity index (χ2n) is 10.9. The monoisotopic (exact) mass is 517 g/mol. The fourth-order valence-electron chi connectivity index (χ4n) is 5.01. The molecule has 0 radical (unpaired) electrons. The number of alkyl carbamates (subject to hydrolysis) is 1. The number of hydrogen-bond donors (Lipinski definition) is 1. The summed E-state index contributed by atoms with van der Waals surface area (Å²) >= 11 is 0. The van der Waals surface area contributed by atoms with E-state index in [4.69, 9.17) is 14.2 Å². The van der Waals surface area contributed by atoms with E-state index in [9.17, 15) is 4.79 Å². The van der Waals surface area contributed by atoms with Gasteiger partial charge in [0.05, 0.1) is 19.8 Å². The zero-order valence-corrected chi connectivity index (χ0v) is 23.7. The third-order valence-electron chi connectivity index (χ3n) is 7.36. The summed E-state index contributed by atoms with van der Waals surface area (Å²) in [5, 5.41) is 2.98. The van der Waals surface area contributed by atoms with E-state index in [1.54, 1.807) is 0 Å². The van der Waals surface area contributed by atoms with E-state index in [0.717, 1.165) is 25.9 Å². The predicted octanol–water partition coefficient (Wildman–Crippen LogP) is 8.60. The quantitative estimate of drug-likeness (QED) is 0.156. The lowest BCUT2D eigenvalue weighted by Crippen LogP contribution is -2.36. The highest BCUT2D eigenvalue weighted by atomic mass is 16.6. The first-order valence-corrected chi connectivity index (χ1v) is 15.4. The molecule has 1 amide bonds. The van der Waals surface area contributed by atoms with Gasteiger partial charge in [-0.1, -0.05) is 127 Å². The number of carbonyl (C=O) groups excluding carboxylic acids is 1. The Morgan fingerprint density at radius 3 is 2.14 bits per heavy atom. The fraction of sp³-hybridized carbons (Fsp3) is 0.781. The maximum Gasteiger partial charge on any atom is 0.407 e. The zero-order valence-electron chi connectivity index (χ0n) is 23.7. The molecule has 1 aromatic carbocycles. The standard InChI is InChI=1S/C32H55NO4/c1-2-3-4-5-6-7-8-9-10-11-12-13-14-16-22-30(27-36-26-29-20-17-15-18-21-29)25-33-32(34)37-31-23-19-24-35-28-31/h15,17-18,20-21,30-31H,2-14,16,19,22-28H2,1H3,(H,33,34). The molecule has 0 aromatic heterocycles. The van der Waals surface area contributed by atoms with Crippen LogP contribution in [0.5, 0.6) is 0 Å². The van der Waals surface area contributed by atoms with Crippen molar-refractivity contribution in [3.63, 3.8) is 0 Å². The molecule has 1 heterocycles. The summed E-state index contributed by atoms with van der Waals surface area (Å²) in [6, 6.07) is 10.3. The fourth-order valence-corrected chi connectivity index (χ4v) is 5.01. The lowest BCUT2D eigenvalue weighted by molar-refractivity contribution is -0.0170. The zero-order chi connectivity index (χ0) is 26.2. The minimum atomic E-state index is -0.329. The molecule has 1 saturated heterocycles. The first kappa shape index (κ1) is 31.6. The molecule has 0 bridgehead atoms. The van der Waals surface area contributed by atoms with Crippen molar-refractivity contribution in [3.05, 3.63) is 35.9 Å². The van der Waals surface area contributed by atoms with Crippen molar-refractivity contribution in [2.75, 3.05) is 26.4 Å². The van der Waals surface area contributed by atoms with E-state index in [1.165, 1.54) is 95.5 Å². The number of hydrogen-bond acceptors (Lipinski definition) is 4. The lowest BCUT2D eigenvalue weighted by atomic mass is 10.00. The number of rotatable bonds is 22. The van der Waals surface area contributed by atoms with Crippen LogP contribution in [0.25, 0.3) is 0 Å². The highest BCUT2D eigenvalue weighted by Crippen LogP contribution is 2.16. The molecule has 5 heteroatoms. The molecule has 0 aliphatic carbocycles. The molecule has 2 atom stereocenters. The number of ether oxygens (including phenoxy) is 3. The van der Waals surface area contributed by atoms with Gasteiger partial charge in [0.15, 0.2) is 0 Å². The highest BCUT2D eigenvalue weighted by molar-refractivity contribution is 5.67. The Morgan fingerprint density at radius 1 is 0.919 bits per heavy atom. The highest BCUT2D eigenvalue weighted by Gasteiger charge is 2.19. The summed E-state index contributed by atoms with van der Waals surface area (Å²) < 4.78 is 17.0. The number of carbonyl (C=O) groups is 1. The SMILES string of the molecule is CCCCCCCCCCCCCCCCC(CNC(=O)OC1CCCOC1)COCc1ccccc1. The maximum absolute atomic E-state index is 12.3. The van der Waals surface area contributed by atoms with E-state index in [1.807, 2.05) is 18.2 Å². The van der Waals surface area contributed by atoms with Gasteiger partial charge >= 0.3 is 6.09 Å². The van der Waals surface area contributed by atoms with E-state index in [0.29, 0.717) is 32.3 Å². The molecule has 0 saturated carbocycles. The third kappa shape index (κ3) is 17.5. The van der Waals surface area contributed by atoms with E-state index in [-0.39, 0.29) is 12.2 Å². The molecule has 37 heavy (non-hydrogen) atoms. The number of benzene rings is 1. The summed E-state index contributed by atoms with van der Waals surface area (Å²) in [7, 11) is 0. The molecule has 2 rings (SSSR count). The smallest absolute Gasteiger partial charge is 0.407 e. The Bertz CT molecular complexity index is 647. The van der Waals surface area contributed by atoms with Gasteiger partial charge in [-0.05, 0) is 30.7 Å². The van der Waals surface area contributed by atoms with Crippen molar-refractivity contribution < 1.29 is 19.0 Å². The van der Waals surface area contributed by atoms with E-state index >= 15 is 0 Å². The minimum Gasteiger partial charge on any atom is -0.444 e. The first-order chi connectivity index (χ1) is 18.3. The summed E-state index contributed by atoms with van der Waals surface area (Å²) in [5.74, 6) is 0.302. The summed E-state index contributed by atoms with van der Waals surface area (Å²) in [4.78, 5) is 12.3. The van der Waals surface area contributed by atoms with Gasteiger partial charge in [0.2, 0.25) is 0 Å². The van der Waals surface area contributed by atoms with Gasteiger partial charge in [0, 0.05) is 13.2 Å². The van der Waals surface area contributed by atoms with E-state index < -0.39 is 0 Å². The van der Waals surface area contributed by atoms with Crippen molar-refractivity contribution in [3.8, 4) is 0 Å². The molecule has 1 aliphatic heterocycles. The molecular weight excluding hydrogens is 462 g/mol. The van der Waals surface area contributed by atoms with Crippen LogP contribution in [0, 0.1) is 5.92 Å². The van der Waals surface area contributed by atoms with Crippen LogP contribution >= 0.6 is 0 Å². The Kier molecular flexibility index (Phi) is 19.1. The average Bonchev–Trinajstić information content (AvgIpc) is 2.92. The third-order valence-corrected chi connectivity index (χ3v) is 7.36. The van der Waals surface area contributed by atoms with Crippen LogP contribution in [0.15, 0.2) is 30.3 Å². The summed E-state index contributed by atoms with van der Waals surface area (Å²) in [6.07, 6.45) is 21.6. The van der Waals surface area contributed by atoms with Crippen LogP contribution in [0.2, 0.25) is 0 Å². The van der Waals surface area contributed by atoms with Crippen molar-refractivity contribution in [2.24, 2.45) is 5.92 Å². The Labute approximate surface area is 227 Å². The predicted molar refractivity (Wildman–Crippen MR) is 153 cm³/mol. The average molecular weight is 518 g/mol. The van der Waals surface area contributed by atoms with Gasteiger partial charge in [-0.3, -0.25) is 0 Å². The van der Waals surface area contributed by atoms with Crippen LogP contribution in [0.1, 0.15) is 122 Å². The number of unbranched alkanes of at least 4 members (excludes halogenated alkanes) is 13. The molecule has 0 spiro atoms. The van der Waals surface area contributed by atoms with Crippen LogP contribution in [-0.4, -0.2) is 38.6 Å². The van der Waals surface area contributed by atoms with Crippen LogP contribution in [0.3, 0.4) is 0 Å². The van der Waals surface area contributed by atoms with Crippen molar-refractivity contribution in [1.82, 2.24) is 5.32 Å². The van der Waals surface area contributed by atoms with Gasteiger partial charge in [-0.2, -0.15) is 0 Å². The molecule has 1 aliphatic rings. The normalized spacial score (nSPS) is 16.4. The van der Waals surface area contributed by atoms with Gasteiger partial charge in [-0.15, -0.1) is 0 Å². The first-order valence-electron chi connectivity index (χ1n) is 15.4. The van der Waals surface area contributed by atoms with Crippen molar-refractivity contribution >= 4 is 6.09 Å². The molecule has 1 aromatic rings. The lowest BCUT2D eigenvalue weighted by Gasteiger charge is -2.23. The molecule has 1 N–H and O–H groups in total. The van der Waals surface area contributed by atoms with Crippen molar-refractivity contribution in [1.29, 1.82) is 0 Å². The second kappa shape index (κ2) is 22.4. The van der Waals surface area contributed by atoms with Crippen molar-refractivity contribution in [2.45, 2.75) is 129 Å². The van der Waals surface area contributed by atoms with Gasteiger partial charge in [0.25, 0.3) is 0 Å². The molecule has 212 valence electrons. The Balaban J connectivity index is 1.54. The number of nitrogens with one attached hydrogen (secondary N) is 1. The van der Waals surface area contributed by atoms with E-state index in [2.05, 4.69) is 24.4 Å². The largest absolute Gasteiger partial charge is 0.444 e. The van der Waals surface area contributed by atoms with Gasteiger partial charge in [0.1, 0.15) is 6.10 Å². The topological polar surface area (TPSA) is 56.8 Å². The Hall–Kier alpha value is -1.59. The van der Waals surface area contributed by atoms with Gasteiger partial charge in [-0.25, -0.2) is 4.79 Å². The van der Waals surface area contributed by atoms with Crippen LogP contribution in [0.4, 0.5) is 4.79 Å². The molecule has 2 unspecified atom stereocenters. The summed E-state index contributed by atoms with van der Waals surface area (Å²) in [5.41, 5.74) is 1.18. The second-order valence-corrected chi connectivity index (χ2v) is 10.9. The Morgan fingerprint density at radius 2 is 1.54 bits per heavy atom. The minimum absolute atomic E-state index is 0.118. The van der Waals surface area contributed by atoms with Crippen LogP contribution < -0.4 is 5.32 Å².